The first-order valence-electron chi connectivity index (χ1n) is 7.00. The molecule has 1 N–H and O–H groups in total. The van der Waals surface area contributed by atoms with E-state index < -0.39 is 0 Å². The van der Waals surface area contributed by atoms with Crippen molar-refractivity contribution >= 4 is 5.91 Å². The largest absolute Gasteiger partial charge is 0.374 e. The van der Waals surface area contributed by atoms with E-state index in [0.29, 0.717) is 13.2 Å². The van der Waals surface area contributed by atoms with Crippen molar-refractivity contribution in [2.24, 2.45) is 5.92 Å². The topological polar surface area (TPSA) is 38.3 Å². The Morgan fingerprint density at radius 1 is 1.26 bits per heavy atom. The van der Waals surface area contributed by atoms with E-state index in [2.05, 4.69) is 11.4 Å². The summed E-state index contributed by atoms with van der Waals surface area (Å²) in [6.45, 7) is 9.21. The number of carbonyl (C=O) groups is 1. The molecule has 1 amide bonds. The number of hydrogen-bond donors (Lipinski definition) is 1. The van der Waals surface area contributed by atoms with Crippen molar-refractivity contribution in [2.75, 3.05) is 0 Å². The van der Waals surface area contributed by atoms with Crippen molar-refractivity contribution in [2.45, 2.75) is 53.4 Å². The summed E-state index contributed by atoms with van der Waals surface area (Å²) in [5.74, 6) is 0.193. The van der Waals surface area contributed by atoms with Crippen LogP contribution in [0.4, 0.5) is 0 Å². The van der Waals surface area contributed by atoms with Crippen molar-refractivity contribution in [1.82, 2.24) is 5.32 Å². The molecule has 1 aromatic carbocycles. The lowest BCUT2D eigenvalue weighted by Gasteiger charge is -2.11. The van der Waals surface area contributed by atoms with E-state index in [1.807, 2.05) is 45.9 Å². The van der Waals surface area contributed by atoms with Gasteiger partial charge in [-0.25, -0.2) is 0 Å². The monoisotopic (exact) mass is 263 g/mol. The normalized spacial score (nSPS) is 12.5. The number of ether oxygens (including phenoxy) is 1. The average molecular weight is 263 g/mol. The summed E-state index contributed by atoms with van der Waals surface area (Å²) in [5.41, 5.74) is 2.26. The van der Waals surface area contributed by atoms with Crippen LogP contribution in [-0.4, -0.2) is 12.0 Å². The zero-order chi connectivity index (χ0) is 14.3. The maximum atomic E-state index is 11.7. The van der Waals surface area contributed by atoms with Crippen LogP contribution in [-0.2, 0) is 22.7 Å². The van der Waals surface area contributed by atoms with Gasteiger partial charge < -0.3 is 10.1 Å². The molecule has 0 aliphatic carbocycles. The van der Waals surface area contributed by atoms with E-state index in [0.717, 1.165) is 17.5 Å². The molecule has 0 saturated carbocycles. The second-order valence-corrected chi connectivity index (χ2v) is 5.21. The molecule has 0 aliphatic rings. The zero-order valence-electron chi connectivity index (χ0n) is 12.4. The summed E-state index contributed by atoms with van der Waals surface area (Å²) in [6, 6.07) is 8.15. The van der Waals surface area contributed by atoms with Crippen LogP contribution >= 0.6 is 0 Å². The van der Waals surface area contributed by atoms with Gasteiger partial charge in [0.1, 0.15) is 0 Å². The molecule has 1 rings (SSSR count). The summed E-state index contributed by atoms with van der Waals surface area (Å²) in [7, 11) is 0. The molecule has 0 bridgehead atoms. The van der Waals surface area contributed by atoms with Gasteiger partial charge >= 0.3 is 0 Å². The highest BCUT2D eigenvalue weighted by molar-refractivity contribution is 5.78. The molecule has 0 fully saturated rings. The first kappa shape index (κ1) is 15.7. The molecule has 0 radical (unpaired) electrons. The van der Waals surface area contributed by atoms with Crippen LogP contribution in [0.25, 0.3) is 0 Å². The summed E-state index contributed by atoms with van der Waals surface area (Å²) in [5, 5.41) is 2.96. The fourth-order valence-corrected chi connectivity index (χ4v) is 1.64. The number of hydrogen-bond acceptors (Lipinski definition) is 2. The lowest BCUT2D eigenvalue weighted by atomic mass is 10.1. The Hall–Kier alpha value is -1.35. The maximum Gasteiger partial charge on any atom is 0.223 e. The van der Waals surface area contributed by atoms with Gasteiger partial charge in [0.2, 0.25) is 5.91 Å². The second-order valence-electron chi connectivity index (χ2n) is 5.21. The fraction of sp³-hybridized carbons (Fsp3) is 0.562. The van der Waals surface area contributed by atoms with Crippen LogP contribution in [0.5, 0.6) is 0 Å². The molecule has 0 saturated heterocycles. The molecule has 19 heavy (non-hydrogen) atoms. The van der Waals surface area contributed by atoms with E-state index >= 15 is 0 Å². The maximum absolute atomic E-state index is 11.7. The van der Waals surface area contributed by atoms with Crippen LogP contribution in [0, 0.1) is 5.92 Å². The number of amides is 1. The van der Waals surface area contributed by atoms with E-state index in [-0.39, 0.29) is 17.9 Å². The van der Waals surface area contributed by atoms with Crippen LogP contribution in [0.2, 0.25) is 0 Å². The lowest BCUT2D eigenvalue weighted by molar-refractivity contribution is -0.124. The number of rotatable bonds is 7. The molecular weight excluding hydrogens is 238 g/mol. The fourth-order valence-electron chi connectivity index (χ4n) is 1.64. The molecule has 0 aromatic heterocycles. The minimum Gasteiger partial charge on any atom is -0.374 e. The summed E-state index contributed by atoms with van der Waals surface area (Å²) in [4.78, 5) is 11.7. The van der Waals surface area contributed by atoms with Crippen LogP contribution in [0.3, 0.4) is 0 Å². The van der Waals surface area contributed by atoms with E-state index in [1.165, 1.54) is 0 Å². The van der Waals surface area contributed by atoms with Gasteiger partial charge in [0, 0.05) is 12.5 Å². The lowest BCUT2D eigenvalue weighted by Crippen LogP contribution is -2.28. The molecule has 0 aliphatic heterocycles. The first-order valence-corrected chi connectivity index (χ1v) is 7.00. The van der Waals surface area contributed by atoms with E-state index in [1.54, 1.807) is 0 Å². The number of nitrogens with one attached hydrogen (secondary N) is 1. The standard InChI is InChI=1S/C16H25NO2/c1-5-13(4)16(18)17-10-14-7-6-8-15(9-14)11-19-12(2)3/h6-9,12-13H,5,10-11H2,1-4H3,(H,17,18)/t13-/m1/s1. The predicted octanol–water partition coefficient (Wildman–Crippen LogP) is 3.27. The molecule has 1 atom stereocenters. The van der Waals surface area contributed by atoms with Crippen molar-refractivity contribution in [3.63, 3.8) is 0 Å². The molecule has 106 valence electrons. The molecule has 0 unspecified atom stereocenters. The Kier molecular flexibility index (Phi) is 6.57. The Bertz CT molecular complexity index is 401. The first-order chi connectivity index (χ1) is 9.02. The molecule has 3 heteroatoms. The highest BCUT2D eigenvalue weighted by Gasteiger charge is 2.09. The Morgan fingerprint density at radius 3 is 2.58 bits per heavy atom. The second kappa shape index (κ2) is 7.95. The van der Waals surface area contributed by atoms with Crippen LogP contribution in [0.15, 0.2) is 24.3 Å². The summed E-state index contributed by atoms with van der Waals surface area (Å²) >= 11 is 0. The summed E-state index contributed by atoms with van der Waals surface area (Å²) < 4.78 is 5.58. The SMILES string of the molecule is CC[C@@H](C)C(=O)NCc1cccc(COC(C)C)c1. The number of carbonyl (C=O) groups excluding carboxylic acids is 1. The van der Waals surface area contributed by atoms with Crippen molar-refractivity contribution < 1.29 is 9.53 Å². The molecule has 3 nitrogen and oxygen atoms in total. The average Bonchev–Trinajstić information content (AvgIpc) is 2.42. The quantitative estimate of drug-likeness (QED) is 0.820. The van der Waals surface area contributed by atoms with E-state index in [9.17, 15) is 4.79 Å². The third-order valence-corrected chi connectivity index (χ3v) is 3.10. The molecular formula is C16H25NO2. The van der Waals surface area contributed by atoms with Crippen LogP contribution < -0.4 is 5.32 Å². The van der Waals surface area contributed by atoms with E-state index in [4.69, 9.17) is 4.74 Å². The predicted molar refractivity (Wildman–Crippen MR) is 77.7 cm³/mol. The molecule has 0 heterocycles. The number of benzene rings is 1. The van der Waals surface area contributed by atoms with Gasteiger partial charge in [0.05, 0.1) is 12.7 Å². The minimum absolute atomic E-state index is 0.0763. The minimum atomic E-state index is 0.0763. The zero-order valence-corrected chi connectivity index (χ0v) is 12.4. The highest BCUT2D eigenvalue weighted by atomic mass is 16.5. The third-order valence-electron chi connectivity index (χ3n) is 3.10. The third kappa shape index (κ3) is 5.88. The van der Waals surface area contributed by atoms with Crippen LogP contribution in [0.1, 0.15) is 45.2 Å². The Labute approximate surface area is 116 Å². The van der Waals surface area contributed by atoms with Gasteiger partial charge in [0.25, 0.3) is 0 Å². The van der Waals surface area contributed by atoms with Gasteiger partial charge in [-0.3, -0.25) is 4.79 Å². The van der Waals surface area contributed by atoms with Crippen molar-refractivity contribution in [3.8, 4) is 0 Å². The smallest absolute Gasteiger partial charge is 0.223 e. The molecule has 0 spiro atoms. The van der Waals surface area contributed by atoms with Crippen molar-refractivity contribution in [3.05, 3.63) is 35.4 Å². The van der Waals surface area contributed by atoms with Gasteiger partial charge in [-0.05, 0) is 31.4 Å². The highest BCUT2D eigenvalue weighted by Crippen LogP contribution is 2.08. The molecule has 1 aromatic rings. The van der Waals surface area contributed by atoms with Gasteiger partial charge in [-0.2, -0.15) is 0 Å². The van der Waals surface area contributed by atoms with Crippen molar-refractivity contribution in [1.29, 1.82) is 0 Å². The van der Waals surface area contributed by atoms with Gasteiger partial charge in [-0.15, -0.1) is 0 Å². The van der Waals surface area contributed by atoms with Gasteiger partial charge in [-0.1, -0.05) is 38.1 Å². The Balaban J connectivity index is 2.50. The van der Waals surface area contributed by atoms with Gasteiger partial charge in [0.15, 0.2) is 0 Å². The summed E-state index contributed by atoms with van der Waals surface area (Å²) in [6.07, 6.45) is 1.10. The Morgan fingerprint density at radius 2 is 1.95 bits per heavy atom.